The Balaban J connectivity index is 1.65. The average molecular weight is 314 g/mol. The number of carbonyl (C=O) groups is 1. The quantitative estimate of drug-likeness (QED) is 0.826. The van der Waals surface area contributed by atoms with Gasteiger partial charge in [-0.25, -0.2) is 8.42 Å². The molecule has 1 aromatic carbocycles. The number of rotatable bonds is 2. The summed E-state index contributed by atoms with van der Waals surface area (Å²) in [4.78, 5) is 12.3. The van der Waals surface area contributed by atoms with Gasteiger partial charge in [0.2, 0.25) is 5.91 Å². The van der Waals surface area contributed by atoms with Gasteiger partial charge in [0.05, 0.1) is 22.9 Å². The maximum absolute atomic E-state index is 12.3. The summed E-state index contributed by atoms with van der Waals surface area (Å²) in [5.41, 5.74) is 2.41. The zero-order valence-corrected chi connectivity index (χ0v) is 12.5. The molecule has 1 aliphatic heterocycles. The molecule has 1 fully saturated rings. The summed E-state index contributed by atoms with van der Waals surface area (Å²) in [6.45, 7) is 0. The summed E-state index contributed by atoms with van der Waals surface area (Å²) in [7, 11) is -3.11. The van der Waals surface area contributed by atoms with Crippen molar-refractivity contribution in [2.45, 2.75) is 24.3 Å². The number of alkyl halides is 1. The fourth-order valence-corrected chi connectivity index (χ4v) is 5.53. The maximum Gasteiger partial charge on any atom is 0.224 e. The van der Waals surface area contributed by atoms with Gasteiger partial charge in [-0.15, -0.1) is 11.6 Å². The predicted molar refractivity (Wildman–Crippen MR) is 77.6 cm³/mol. The third kappa shape index (κ3) is 2.69. The van der Waals surface area contributed by atoms with E-state index in [1.165, 1.54) is 11.1 Å². The first kappa shape index (κ1) is 13.9. The van der Waals surface area contributed by atoms with E-state index in [9.17, 15) is 13.2 Å². The Morgan fingerprint density at radius 3 is 2.25 bits per heavy atom. The monoisotopic (exact) mass is 313 g/mol. The molecule has 1 heterocycles. The molecule has 6 heteroatoms. The Kier molecular flexibility index (Phi) is 3.50. The number of amides is 1. The molecule has 1 amide bonds. The lowest BCUT2D eigenvalue weighted by atomic mass is 10.0. The third-order valence-electron chi connectivity index (χ3n) is 4.03. The van der Waals surface area contributed by atoms with Crippen molar-refractivity contribution in [3.63, 3.8) is 0 Å². The minimum absolute atomic E-state index is 0.0490. The molecule has 1 aromatic rings. The highest BCUT2D eigenvalue weighted by atomic mass is 35.5. The van der Waals surface area contributed by atoms with Crippen molar-refractivity contribution in [3.05, 3.63) is 35.4 Å². The Hall–Kier alpha value is -1.07. The number of halogens is 1. The van der Waals surface area contributed by atoms with E-state index in [1.807, 2.05) is 24.3 Å². The van der Waals surface area contributed by atoms with Gasteiger partial charge < -0.3 is 5.32 Å². The minimum atomic E-state index is -3.11. The first-order chi connectivity index (χ1) is 9.44. The molecular weight excluding hydrogens is 298 g/mol. The van der Waals surface area contributed by atoms with Crippen molar-refractivity contribution < 1.29 is 13.2 Å². The van der Waals surface area contributed by atoms with E-state index < -0.39 is 21.3 Å². The van der Waals surface area contributed by atoms with E-state index in [0.717, 1.165) is 0 Å². The van der Waals surface area contributed by atoms with Crippen LogP contribution in [0.1, 0.15) is 11.1 Å². The Bertz CT molecular complexity index is 619. The van der Waals surface area contributed by atoms with Crippen molar-refractivity contribution >= 4 is 27.3 Å². The Labute approximate surface area is 123 Å². The molecule has 4 nitrogen and oxygen atoms in total. The van der Waals surface area contributed by atoms with Crippen LogP contribution in [0.2, 0.25) is 0 Å². The molecule has 2 atom stereocenters. The second kappa shape index (κ2) is 5.04. The molecule has 2 unspecified atom stereocenters. The summed E-state index contributed by atoms with van der Waals surface area (Å²) in [5, 5.41) is 2.29. The second-order valence-electron chi connectivity index (χ2n) is 5.58. The zero-order valence-electron chi connectivity index (χ0n) is 10.9. The number of nitrogens with one attached hydrogen (secondary N) is 1. The van der Waals surface area contributed by atoms with Gasteiger partial charge in [-0.1, -0.05) is 24.3 Å². The van der Waals surface area contributed by atoms with E-state index in [4.69, 9.17) is 11.6 Å². The molecular formula is C14H16ClNO3S. The zero-order chi connectivity index (χ0) is 14.3. The Morgan fingerprint density at radius 1 is 1.15 bits per heavy atom. The second-order valence-corrected chi connectivity index (χ2v) is 8.30. The van der Waals surface area contributed by atoms with Gasteiger partial charge in [-0.2, -0.15) is 0 Å². The first-order valence-electron chi connectivity index (χ1n) is 6.66. The molecule has 1 saturated heterocycles. The van der Waals surface area contributed by atoms with Crippen LogP contribution >= 0.6 is 11.6 Å². The van der Waals surface area contributed by atoms with Crippen LogP contribution in [0.4, 0.5) is 0 Å². The molecule has 1 N–H and O–H groups in total. The van der Waals surface area contributed by atoms with Crippen LogP contribution in [-0.2, 0) is 27.5 Å². The third-order valence-corrected chi connectivity index (χ3v) is 6.41. The van der Waals surface area contributed by atoms with Crippen LogP contribution in [0.15, 0.2) is 24.3 Å². The van der Waals surface area contributed by atoms with Gasteiger partial charge in [-0.05, 0) is 24.0 Å². The van der Waals surface area contributed by atoms with E-state index >= 15 is 0 Å². The summed E-state index contributed by atoms with van der Waals surface area (Å²) >= 11 is 6.01. The molecule has 0 saturated carbocycles. The standard InChI is InChI=1S/C14H16ClNO3S/c15-12-7-20(18,19)8-13(12)16-14(17)11-5-9-3-1-2-4-10(9)6-11/h1-4,11-13H,5-8H2,(H,16,17). The first-order valence-corrected chi connectivity index (χ1v) is 8.92. The highest BCUT2D eigenvalue weighted by molar-refractivity contribution is 7.91. The van der Waals surface area contributed by atoms with Crippen molar-refractivity contribution in [1.29, 1.82) is 0 Å². The van der Waals surface area contributed by atoms with E-state index in [0.29, 0.717) is 12.8 Å². The molecule has 2 aliphatic rings. The van der Waals surface area contributed by atoms with Gasteiger partial charge >= 0.3 is 0 Å². The molecule has 0 spiro atoms. The van der Waals surface area contributed by atoms with Crippen LogP contribution in [0, 0.1) is 5.92 Å². The van der Waals surface area contributed by atoms with E-state index in [-0.39, 0.29) is 23.3 Å². The van der Waals surface area contributed by atoms with E-state index in [1.54, 1.807) is 0 Å². The smallest absolute Gasteiger partial charge is 0.224 e. The van der Waals surface area contributed by atoms with Gasteiger partial charge in [0.25, 0.3) is 0 Å². The van der Waals surface area contributed by atoms with Crippen LogP contribution in [-0.4, -0.2) is 37.2 Å². The highest BCUT2D eigenvalue weighted by Crippen LogP contribution is 2.27. The lowest BCUT2D eigenvalue weighted by molar-refractivity contribution is -0.125. The van der Waals surface area contributed by atoms with Crippen molar-refractivity contribution in [1.82, 2.24) is 5.32 Å². The number of benzene rings is 1. The fourth-order valence-electron chi connectivity index (χ4n) is 2.98. The molecule has 0 radical (unpaired) electrons. The highest BCUT2D eigenvalue weighted by Gasteiger charge is 2.38. The van der Waals surface area contributed by atoms with Gasteiger partial charge in [0.15, 0.2) is 9.84 Å². The van der Waals surface area contributed by atoms with Gasteiger partial charge in [-0.3, -0.25) is 4.79 Å². The summed E-state index contributed by atoms with van der Waals surface area (Å²) in [6, 6.07) is 7.55. The molecule has 108 valence electrons. The summed E-state index contributed by atoms with van der Waals surface area (Å²) < 4.78 is 23.0. The topological polar surface area (TPSA) is 63.2 Å². The molecule has 20 heavy (non-hydrogen) atoms. The lowest BCUT2D eigenvalue weighted by Gasteiger charge is -2.17. The number of carbonyl (C=O) groups excluding carboxylic acids is 1. The Morgan fingerprint density at radius 2 is 1.75 bits per heavy atom. The van der Waals surface area contributed by atoms with Crippen LogP contribution < -0.4 is 5.32 Å². The molecule has 0 aromatic heterocycles. The maximum atomic E-state index is 12.3. The average Bonchev–Trinajstić information content (AvgIpc) is 2.90. The fraction of sp³-hybridized carbons (Fsp3) is 0.500. The van der Waals surface area contributed by atoms with Crippen molar-refractivity contribution in [2.75, 3.05) is 11.5 Å². The van der Waals surface area contributed by atoms with Gasteiger partial charge in [0, 0.05) is 5.92 Å². The van der Waals surface area contributed by atoms with Crippen LogP contribution in [0.25, 0.3) is 0 Å². The minimum Gasteiger partial charge on any atom is -0.351 e. The number of hydrogen-bond donors (Lipinski definition) is 1. The van der Waals surface area contributed by atoms with Crippen molar-refractivity contribution in [2.24, 2.45) is 5.92 Å². The SMILES string of the molecule is O=C(NC1CS(=O)(=O)CC1Cl)C1Cc2ccccc2C1. The summed E-state index contributed by atoms with van der Waals surface area (Å²) in [5.74, 6) is -0.301. The number of sulfone groups is 1. The lowest BCUT2D eigenvalue weighted by Crippen LogP contribution is -2.43. The number of fused-ring (bicyclic) bond motifs is 1. The normalized spacial score (nSPS) is 28.2. The number of hydrogen-bond acceptors (Lipinski definition) is 3. The summed E-state index contributed by atoms with van der Waals surface area (Å²) in [6.07, 6.45) is 1.43. The van der Waals surface area contributed by atoms with Crippen LogP contribution in [0.3, 0.4) is 0 Å². The van der Waals surface area contributed by atoms with Crippen molar-refractivity contribution in [3.8, 4) is 0 Å². The molecule has 1 aliphatic carbocycles. The van der Waals surface area contributed by atoms with E-state index in [2.05, 4.69) is 5.32 Å². The molecule has 0 bridgehead atoms. The predicted octanol–water partition coefficient (Wildman–Crippen LogP) is 0.922. The molecule has 3 rings (SSSR count). The van der Waals surface area contributed by atoms with Crippen LogP contribution in [0.5, 0.6) is 0 Å². The largest absolute Gasteiger partial charge is 0.351 e. The van der Waals surface area contributed by atoms with Gasteiger partial charge in [0.1, 0.15) is 0 Å².